The van der Waals surface area contributed by atoms with E-state index in [-0.39, 0.29) is 34.7 Å². The second kappa shape index (κ2) is 8.69. The molecular weight excluding hydrogens is 398 g/mol. The van der Waals surface area contributed by atoms with Crippen LogP contribution in [0.2, 0.25) is 0 Å². The third-order valence-electron chi connectivity index (χ3n) is 5.96. The molecule has 2 saturated heterocycles. The Hall–Kier alpha value is -1.15. The Bertz CT molecular complexity index is 795. The SMILES string of the molecule is CC1CCCN(S(=O)(=O)c2ccc(C(=O)N3CCC(N)C(C)(C)C3)cc2)C1.Cl. The molecule has 1 aromatic carbocycles. The molecule has 2 N–H and O–H groups in total. The van der Waals surface area contributed by atoms with Gasteiger partial charge in [-0.25, -0.2) is 8.42 Å². The van der Waals surface area contributed by atoms with Crippen molar-refractivity contribution < 1.29 is 13.2 Å². The molecule has 2 aliphatic rings. The Morgan fingerprint density at radius 2 is 1.79 bits per heavy atom. The molecule has 0 bridgehead atoms. The van der Waals surface area contributed by atoms with Gasteiger partial charge in [0.1, 0.15) is 0 Å². The quantitative estimate of drug-likeness (QED) is 0.800. The summed E-state index contributed by atoms with van der Waals surface area (Å²) in [5, 5.41) is 0. The maximum absolute atomic E-state index is 12.9. The van der Waals surface area contributed by atoms with E-state index in [9.17, 15) is 13.2 Å². The van der Waals surface area contributed by atoms with Gasteiger partial charge in [-0.3, -0.25) is 4.79 Å². The molecule has 0 aliphatic carbocycles. The number of sulfonamides is 1. The normalized spacial score (nSPS) is 25.8. The first-order valence-corrected chi connectivity index (χ1v) is 11.2. The number of piperidine rings is 2. The molecule has 2 aliphatic heterocycles. The van der Waals surface area contributed by atoms with Gasteiger partial charge in [0.2, 0.25) is 10.0 Å². The van der Waals surface area contributed by atoms with Crippen LogP contribution in [0.1, 0.15) is 50.4 Å². The van der Waals surface area contributed by atoms with Gasteiger partial charge in [-0.1, -0.05) is 20.8 Å². The van der Waals surface area contributed by atoms with Crippen LogP contribution in [0.15, 0.2) is 29.2 Å². The van der Waals surface area contributed by atoms with Gasteiger partial charge in [0.05, 0.1) is 4.90 Å². The van der Waals surface area contributed by atoms with Crippen LogP contribution in [0.5, 0.6) is 0 Å². The monoisotopic (exact) mass is 429 g/mol. The fraction of sp³-hybridized carbons (Fsp3) is 0.650. The Labute approximate surface area is 174 Å². The van der Waals surface area contributed by atoms with E-state index in [1.54, 1.807) is 28.6 Å². The van der Waals surface area contributed by atoms with Gasteiger partial charge in [-0.15, -0.1) is 12.4 Å². The van der Waals surface area contributed by atoms with Gasteiger partial charge in [0, 0.05) is 37.8 Å². The summed E-state index contributed by atoms with van der Waals surface area (Å²) in [6, 6.07) is 6.46. The highest BCUT2D eigenvalue weighted by molar-refractivity contribution is 7.89. The lowest BCUT2D eigenvalue weighted by molar-refractivity contribution is 0.0533. The number of nitrogens with zero attached hydrogens (tertiary/aromatic N) is 2. The largest absolute Gasteiger partial charge is 0.338 e. The number of benzene rings is 1. The topological polar surface area (TPSA) is 83.7 Å². The van der Waals surface area contributed by atoms with Gasteiger partial charge >= 0.3 is 0 Å². The molecule has 8 heteroatoms. The van der Waals surface area contributed by atoms with Crippen molar-refractivity contribution >= 4 is 28.3 Å². The molecule has 0 aromatic heterocycles. The summed E-state index contributed by atoms with van der Waals surface area (Å²) in [6.07, 6.45) is 2.73. The second-order valence-corrected chi connectivity index (χ2v) is 10.7. The van der Waals surface area contributed by atoms with E-state index in [1.165, 1.54) is 0 Å². The summed E-state index contributed by atoms with van der Waals surface area (Å²) in [7, 11) is -3.50. The second-order valence-electron chi connectivity index (χ2n) is 8.75. The minimum Gasteiger partial charge on any atom is -0.338 e. The number of amides is 1. The summed E-state index contributed by atoms with van der Waals surface area (Å²) in [5.74, 6) is 0.314. The number of hydrogen-bond acceptors (Lipinski definition) is 4. The van der Waals surface area contributed by atoms with Crippen LogP contribution in [0.3, 0.4) is 0 Å². The van der Waals surface area contributed by atoms with Crippen molar-refractivity contribution in [2.45, 2.75) is 51.0 Å². The molecule has 0 saturated carbocycles. The van der Waals surface area contributed by atoms with Crippen LogP contribution >= 0.6 is 12.4 Å². The van der Waals surface area contributed by atoms with Crippen molar-refractivity contribution in [2.75, 3.05) is 26.2 Å². The fourth-order valence-corrected chi connectivity index (χ4v) is 5.61. The molecular formula is C20H32ClN3O3S. The zero-order valence-corrected chi connectivity index (χ0v) is 18.6. The lowest BCUT2D eigenvalue weighted by Gasteiger charge is -2.42. The molecule has 3 rings (SSSR count). The first kappa shape index (κ1) is 23.1. The first-order valence-electron chi connectivity index (χ1n) is 9.76. The van der Waals surface area contributed by atoms with Crippen LogP contribution in [0.25, 0.3) is 0 Å². The molecule has 2 fully saturated rings. The van der Waals surface area contributed by atoms with E-state index in [1.807, 2.05) is 4.90 Å². The average molecular weight is 430 g/mol. The van der Waals surface area contributed by atoms with Crippen LogP contribution in [0.4, 0.5) is 0 Å². The van der Waals surface area contributed by atoms with E-state index in [0.29, 0.717) is 37.7 Å². The lowest BCUT2D eigenvalue weighted by Crippen LogP contribution is -2.54. The van der Waals surface area contributed by atoms with Crippen molar-refractivity contribution in [1.82, 2.24) is 9.21 Å². The van der Waals surface area contributed by atoms with E-state index < -0.39 is 10.0 Å². The molecule has 2 unspecified atom stereocenters. The highest BCUT2D eigenvalue weighted by atomic mass is 35.5. The molecule has 28 heavy (non-hydrogen) atoms. The fourth-order valence-electron chi connectivity index (χ4n) is 4.01. The summed E-state index contributed by atoms with van der Waals surface area (Å²) >= 11 is 0. The number of rotatable bonds is 3. The van der Waals surface area contributed by atoms with Gasteiger partial charge in [-0.2, -0.15) is 4.31 Å². The van der Waals surface area contributed by atoms with E-state index in [2.05, 4.69) is 20.8 Å². The Morgan fingerprint density at radius 1 is 1.14 bits per heavy atom. The highest BCUT2D eigenvalue weighted by Gasteiger charge is 2.35. The smallest absolute Gasteiger partial charge is 0.253 e. The number of carbonyl (C=O) groups excluding carboxylic acids is 1. The maximum atomic E-state index is 12.9. The van der Waals surface area contributed by atoms with Crippen molar-refractivity contribution in [3.05, 3.63) is 29.8 Å². The van der Waals surface area contributed by atoms with Crippen LogP contribution in [-0.2, 0) is 10.0 Å². The number of halogens is 1. The molecule has 2 heterocycles. The molecule has 6 nitrogen and oxygen atoms in total. The molecule has 1 aromatic rings. The Morgan fingerprint density at radius 3 is 2.36 bits per heavy atom. The molecule has 0 spiro atoms. The van der Waals surface area contributed by atoms with Crippen molar-refractivity contribution in [2.24, 2.45) is 17.1 Å². The zero-order chi connectivity index (χ0) is 19.8. The standard InChI is InChI=1S/C20H31N3O3S.ClH/c1-15-5-4-11-23(13-15)27(25,26)17-8-6-16(7-9-17)19(24)22-12-10-18(21)20(2,3)14-22;/h6-9,15,18H,4-5,10-14,21H2,1-3H3;1H. The third-order valence-corrected chi connectivity index (χ3v) is 7.84. The summed E-state index contributed by atoms with van der Waals surface area (Å²) < 4.78 is 27.3. The van der Waals surface area contributed by atoms with Gasteiger partial charge < -0.3 is 10.6 Å². The molecule has 0 radical (unpaired) electrons. The summed E-state index contributed by atoms with van der Waals surface area (Å²) in [4.78, 5) is 14.9. The first-order chi connectivity index (χ1) is 12.6. The van der Waals surface area contributed by atoms with Crippen molar-refractivity contribution in [3.63, 3.8) is 0 Å². The Balaban J connectivity index is 0.00000280. The third kappa shape index (κ3) is 4.70. The van der Waals surface area contributed by atoms with Crippen molar-refractivity contribution in [3.8, 4) is 0 Å². The van der Waals surface area contributed by atoms with E-state index >= 15 is 0 Å². The average Bonchev–Trinajstić information content (AvgIpc) is 2.63. The number of hydrogen-bond donors (Lipinski definition) is 1. The number of likely N-dealkylation sites (tertiary alicyclic amines) is 1. The maximum Gasteiger partial charge on any atom is 0.253 e. The number of carbonyl (C=O) groups is 1. The predicted molar refractivity (Wildman–Crippen MR) is 113 cm³/mol. The summed E-state index contributed by atoms with van der Waals surface area (Å²) in [5.41, 5.74) is 6.55. The minimum atomic E-state index is -3.50. The van der Waals surface area contributed by atoms with Crippen molar-refractivity contribution in [1.29, 1.82) is 0 Å². The van der Waals surface area contributed by atoms with E-state index in [4.69, 9.17) is 5.73 Å². The van der Waals surface area contributed by atoms with Crippen LogP contribution in [-0.4, -0.2) is 55.8 Å². The van der Waals surface area contributed by atoms with Gasteiger partial charge in [0.15, 0.2) is 0 Å². The van der Waals surface area contributed by atoms with Gasteiger partial charge in [-0.05, 0) is 54.9 Å². The summed E-state index contributed by atoms with van der Waals surface area (Å²) in [6.45, 7) is 8.60. The number of nitrogens with two attached hydrogens (primary N) is 1. The van der Waals surface area contributed by atoms with Gasteiger partial charge in [0.25, 0.3) is 5.91 Å². The van der Waals surface area contributed by atoms with Crippen LogP contribution in [0, 0.1) is 11.3 Å². The van der Waals surface area contributed by atoms with Crippen LogP contribution < -0.4 is 5.73 Å². The predicted octanol–water partition coefficient (Wildman–Crippen LogP) is 2.73. The Kier molecular flexibility index (Phi) is 7.18. The minimum absolute atomic E-state index is 0. The molecule has 1 amide bonds. The highest BCUT2D eigenvalue weighted by Crippen LogP contribution is 2.29. The molecule has 2 atom stereocenters. The zero-order valence-electron chi connectivity index (χ0n) is 16.9. The molecule has 158 valence electrons. The van der Waals surface area contributed by atoms with E-state index in [0.717, 1.165) is 19.3 Å². The lowest BCUT2D eigenvalue weighted by atomic mass is 9.79.